The van der Waals surface area contributed by atoms with Gasteiger partial charge in [0.25, 0.3) is 0 Å². The number of sulfone groups is 1. The Bertz CT molecular complexity index is 1070. The summed E-state index contributed by atoms with van der Waals surface area (Å²) in [6.45, 7) is 1.49. The van der Waals surface area contributed by atoms with Crippen molar-refractivity contribution in [1.29, 1.82) is 0 Å². The predicted molar refractivity (Wildman–Crippen MR) is 115 cm³/mol. The highest BCUT2D eigenvalue weighted by Gasteiger charge is 2.26. The molecule has 7 nitrogen and oxygen atoms in total. The first-order valence-corrected chi connectivity index (χ1v) is 12.1. The van der Waals surface area contributed by atoms with Gasteiger partial charge in [0.2, 0.25) is 9.84 Å². The van der Waals surface area contributed by atoms with Gasteiger partial charge in [-0.3, -0.25) is 0 Å². The highest BCUT2D eigenvalue weighted by Crippen LogP contribution is 2.29. The van der Waals surface area contributed by atoms with Crippen molar-refractivity contribution < 1.29 is 13.2 Å². The molecule has 0 spiro atoms. The second-order valence-corrected chi connectivity index (χ2v) is 10.1. The number of hydrogen-bond acceptors (Lipinski definition) is 8. The number of benzene rings is 2. The fourth-order valence-corrected chi connectivity index (χ4v) is 5.83. The molecule has 3 aromatic rings. The number of nitrogens with zero attached hydrogens (tertiary/aromatic N) is 2. The second-order valence-electron chi connectivity index (χ2n) is 7.19. The zero-order valence-electron chi connectivity index (χ0n) is 16.6. The van der Waals surface area contributed by atoms with E-state index in [2.05, 4.69) is 32.4 Å². The van der Waals surface area contributed by atoms with Gasteiger partial charge >= 0.3 is 0 Å². The van der Waals surface area contributed by atoms with E-state index >= 15 is 0 Å². The van der Waals surface area contributed by atoms with Gasteiger partial charge in [0, 0.05) is 35.7 Å². The average molecular weight is 445 g/mol. The summed E-state index contributed by atoms with van der Waals surface area (Å²) in [6, 6.07) is 15.8. The summed E-state index contributed by atoms with van der Waals surface area (Å²) in [5.41, 5.74) is 2.05. The van der Waals surface area contributed by atoms with Crippen LogP contribution < -0.4 is 15.4 Å². The number of nitrogens with one attached hydrogen (secondary N) is 2. The smallest absolute Gasteiger partial charge is 0.219 e. The Kier molecular flexibility index (Phi) is 6.43. The first-order valence-electron chi connectivity index (χ1n) is 9.80. The number of hydrogen-bond donors (Lipinski definition) is 2. The largest absolute Gasteiger partial charge is 0.496 e. The maximum Gasteiger partial charge on any atom is 0.219 e. The quantitative estimate of drug-likeness (QED) is 0.579. The SMILES string of the molecule is COc1ccc(S(=O)(=O)c2cnns2)cc1CN[C@H]1CCCN[C@@H]1c1ccccc1. The van der Waals surface area contributed by atoms with Gasteiger partial charge in [-0.15, -0.1) is 5.10 Å². The molecule has 1 saturated heterocycles. The van der Waals surface area contributed by atoms with E-state index in [1.807, 2.05) is 18.2 Å². The van der Waals surface area contributed by atoms with Crippen LogP contribution in [0, 0.1) is 0 Å². The second kappa shape index (κ2) is 9.22. The average Bonchev–Trinajstić information content (AvgIpc) is 3.34. The normalized spacial score (nSPS) is 19.5. The number of piperidine rings is 1. The van der Waals surface area contributed by atoms with E-state index < -0.39 is 9.84 Å². The lowest BCUT2D eigenvalue weighted by molar-refractivity contribution is 0.302. The van der Waals surface area contributed by atoms with Crippen molar-refractivity contribution in [3.8, 4) is 5.75 Å². The van der Waals surface area contributed by atoms with E-state index in [9.17, 15) is 8.42 Å². The van der Waals surface area contributed by atoms with Crippen LogP contribution in [0.1, 0.15) is 30.0 Å². The molecule has 0 saturated carbocycles. The van der Waals surface area contributed by atoms with Crippen LogP contribution in [-0.2, 0) is 16.4 Å². The van der Waals surface area contributed by atoms with Crippen molar-refractivity contribution >= 4 is 21.4 Å². The maximum absolute atomic E-state index is 12.8. The first-order chi connectivity index (χ1) is 14.6. The molecular formula is C21H24N4O3S2. The minimum Gasteiger partial charge on any atom is -0.496 e. The molecule has 30 heavy (non-hydrogen) atoms. The Labute approximate surface area is 180 Å². The van der Waals surface area contributed by atoms with Gasteiger partial charge in [0.05, 0.1) is 18.2 Å². The lowest BCUT2D eigenvalue weighted by Crippen LogP contribution is -2.45. The molecule has 0 radical (unpaired) electrons. The lowest BCUT2D eigenvalue weighted by atomic mass is 9.92. The predicted octanol–water partition coefficient (Wildman–Crippen LogP) is 2.96. The molecule has 1 aliphatic rings. The fourth-order valence-electron chi connectivity index (χ4n) is 3.81. The van der Waals surface area contributed by atoms with Gasteiger partial charge in [-0.05, 0) is 43.1 Å². The molecule has 2 aromatic carbocycles. The zero-order chi connectivity index (χ0) is 21.0. The number of methoxy groups -OCH3 is 1. The van der Waals surface area contributed by atoms with E-state index in [-0.39, 0.29) is 21.2 Å². The summed E-state index contributed by atoms with van der Waals surface area (Å²) in [5, 5.41) is 10.9. The molecule has 1 aromatic heterocycles. The third kappa shape index (κ3) is 4.39. The zero-order valence-corrected chi connectivity index (χ0v) is 18.2. The monoisotopic (exact) mass is 444 g/mol. The van der Waals surface area contributed by atoms with Crippen LogP contribution in [0.15, 0.2) is 63.8 Å². The molecule has 4 rings (SSSR count). The Morgan fingerprint density at radius 2 is 2.07 bits per heavy atom. The van der Waals surface area contributed by atoms with Crippen molar-refractivity contribution in [3.63, 3.8) is 0 Å². The Morgan fingerprint density at radius 1 is 1.23 bits per heavy atom. The number of ether oxygens (including phenoxy) is 1. The molecule has 2 atom stereocenters. The van der Waals surface area contributed by atoms with E-state index in [4.69, 9.17) is 4.74 Å². The minimum atomic E-state index is -3.64. The van der Waals surface area contributed by atoms with Gasteiger partial charge in [-0.2, -0.15) is 0 Å². The van der Waals surface area contributed by atoms with Crippen LogP contribution in [0.4, 0.5) is 0 Å². The van der Waals surface area contributed by atoms with Crippen molar-refractivity contribution in [2.75, 3.05) is 13.7 Å². The first kappa shape index (κ1) is 20.9. The molecule has 1 aliphatic heterocycles. The Balaban J connectivity index is 1.56. The molecule has 1 fully saturated rings. The number of aromatic nitrogens is 2. The molecule has 0 unspecified atom stereocenters. The summed E-state index contributed by atoms with van der Waals surface area (Å²) < 4.78 is 35.0. The van der Waals surface area contributed by atoms with Crippen molar-refractivity contribution in [2.45, 2.75) is 40.6 Å². The molecule has 0 bridgehead atoms. The number of rotatable bonds is 7. The fraction of sp³-hybridized carbons (Fsp3) is 0.333. The van der Waals surface area contributed by atoms with Crippen molar-refractivity contribution in [3.05, 3.63) is 65.9 Å². The van der Waals surface area contributed by atoms with E-state index in [0.29, 0.717) is 12.3 Å². The topological polar surface area (TPSA) is 93.2 Å². The third-order valence-electron chi connectivity index (χ3n) is 5.34. The van der Waals surface area contributed by atoms with Gasteiger partial charge in [-0.25, -0.2) is 8.42 Å². The molecular weight excluding hydrogens is 420 g/mol. The van der Waals surface area contributed by atoms with Gasteiger partial charge in [0.15, 0.2) is 4.21 Å². The molecule has 9 heteroatoms. The van der Waals surface area contributed by atoms with Crippen LogP contribution >= 0.6 is 11.5 Å². The van der Waals surface area contributed by atoms with Crippen LogP contribution in [0.5, 0.6) is 5.75 Å². The van der Waals surface area contributed by atoms with Gasteiger partial charge in [0.1, 0.15) is 5.75 Å². The highest BCUT2D eigenvalue weighted by molar-refractivity contribution is 7.93. The summed E-state index contributed by atoms with van der Waals surface area (Å²) >= 11 is 0.870. The van der Waals surface area contributed by atoms with E-state index in [1.165, 1.54) is 11.8 Å². The molecule has 0 aliphatic carbocycles. The van der Waals surface area contributed by atoms with Gasteiger partial charge < -0.3 is 15.4 Å². The van der Waals surface area contributed by atoms with Crippen LogP contribution in [0.2, 0.25) is 0 Å². The summed E-state index contributed by atoms with van der Waals surface area (Å²) in [5.74, 6) is 0.656. The molecule has 0 amide bonds. The van der Waals surface area contributed by atoms with Crippen LogP contribution in [0.3, 0.4) is 0 Å². The standard InChI is InChI=1S/C21H24N4O3S2/c1-28-19-10-9-17(30(26,27)20-14-24-25-29-20)12-16(19)13-23-18-8-5-11-22-21(18)15-6-3-2-4-7-15/h2-4,6-7,9-10,12,14,18,21-23H,5,8,11,13H2,1H3/t18-,21+/m0/s1. The van der Waals surface area contributed by atoms with E-state index in [1.54, 1.807) is 25.3 Å². The Hall–Kier alpha value is -2.33. The molecule has 158 valence electrons. The van der Waals surface area contributed by atoms with Crippen LogP contribution in [-0.4, -0.2) is 37.7 Å². The summed E-state index contributed by atoms with van der Waals surface area (Å²) in [4.78, 5) is 0.215. The summed E-state index contributed by atoms with van der Waals surface area (Å²) in [7, 11) is -2.05. The van der Waals surface area contributed by atoms with Crippen molar-refractivity contribution in [2.24, 2.45) is 0 Å². The van der Waals surface area contributed by atoms with E-state index in [0.717, 1.165) is 36.5 Å². The lowest BCUT2D eigenvalue weighted by Gasteiger charge is -2.34. The minimum absolute atomic E-state index is 0.132. The van der Waals surface area contributed by atoms with Crippen LogP contribution in [0.25, 0.3) is 0 Å². The highest BCUT2D eigenvalue weighted by atomic mass is 32.2. The summed E-state index contributed by atoms with van der Waals surface area (Å²) in [6.07, 6.45) is 3.41. The van der Waals surface area contributed by atoms with Gasteiger partial charge in [-0.1, -0.05) is 34.8 Å². The molecule has 2 N–H and O–H groups in total. The maximum atomic E-state index is 12.8. The third-order valence-corrected chi connectivity index (χ3v) is 8.19. The molecule has 2 heterocycles. The van der Waals surface area contributed by atoms with Crippen molar-refractivity contribution in [1.82, 2.24) is 20.2 Å². The Morgan fingerprint density at radius 3 is 2.80 bits per heavy atom.